The van der Waals surface area contributed by atoms with Crippen molar-refractivity contribution in [2.45, 2.75) is 64.5 Å². The van der Waals surface area contributed by atoms with Gasteiger partial charge in [0.2, 0.25) is 5.91 Å². The molecule has 0 aliphatic carbocycles. The molecule has 0 spiro atoms. The first kappa shape index (κ1) is 23.6. The van der Waals surface area contributed by atoms with Crippen molar-refractivity contribution in [3.63, 3.8) is 0 Å². The van der Waals surface area contributed by atoms with Gasteiger partial charge in [0.25, 0.3) is 0 Å². The minimum atomic E-state index is -0.854. The third-order valence-corrected chi connectivity index (χ3v) is 6.58. The number of halogens is 2. The summed E-state index contributed by atoms with van der Waals surface area (Å²) in [5, 5.41) is 10.6. The van der Waals surface area contributed by atoms with Gasteiger partial charge in [-0.05, 0) is 53.6 Å². The Morgan fingerprint density at radius 3 is 2.35 bits per heavy atom. The number of hydrogen-bond donors (Lipinski definition) is 1. The van der Waals surface area contributed by atoms with Gasteiger partial charge in [0.05, 0.1) is 6.04 Å². The molecule has 1 heterocycles. The van der Waals surface area contributed by atoms with E-state index in [4.69, 9.17) is 23.2 Å². The fourth-order valence-corrected chi connectivity index (χ4v) is 5.00. The highest BCUT2D eigenvalue weighted by molar-refractivity contribution is 6.30. The fourth-order valence-electron chi connectivity index (χ4n) is 4.67. The number of carboxylic acids is 1. The molecule has 1 aliphatic rings. The van der Waals surface area contributed by atoms with Gasteiger partial charge in [0.15, 0.2) is 0 Å². The van der Waals surface area contributed by atoms with E-state index < -0.39 is 5.97 Å². The Bertz CT molecular complexity index is 937. The molecule has 1 N–H and O–H groups in total. The highest BCUT2D eigenvalue weighted by Gasteiger charge is 2.44. The molecule has 1 saturated heterocycles. The molecule has 166 valence electrons. The van der Waals surface area contributed by atoms with Crippen LogP contribution < -0.4 is 0 Å². The van der Waals surface area contributed by atoms with Crippen molar-refractivity contribution < 1.29 is 14.7 Å². The zero-order valence-corrected chi connectivity index (χ0v) is 19.7. The molecule has 6 heteroatoms. The number of carboxylic acid groups (broad SMARTS) is 1. The van der Waals surface area contributed by atoms with Crippen LogP contribution in [0.4, 0.5) is 0 Å². The Hall–Kier alpha value is -2.04. The highest BCUT2D eigenvalue weighted by Crippen LogP contribution is 2.47. The minimum Gasteiger partial charge on any atom is -0.481 e. The van der Waals surface area contributed by atoms with E-state index in [-0.39, 0.29) is 35.7 Å². The number of hydrogen-bond acceptors (Lipinski definition) is 2. The molecule has 0 bridgehead atoms. The van der Waals surface area contributed by atoms with Crippen LogP contribution in [-0.2, 0) is 9.59 Å². The number of piperidine rings is 1. The first-order chi connectivity index (χ1) is 14.6. The number of carbonyl (C=O) groups is 2. The third kappa shape index (κ3) is 5.61. The summed E-state index contributed by atoms with van der Waals surface area (Å²) < 4.78 is 0. The van der Waals surface area contributed by atoms with E-state index in [1.54, 1.807) is 0 Å². The Morgan fingerprint density at radius 2 is 1.77 bits per heavy atom. The van der Waals surface area contributed by atoms with Gasteiger partial charge in [-0.3, -0.25) is 9.59 Å². The topological polar surface area (TPSA) is 57.6 Å². The Kier molecular flexibility index (Phi) is 7.33. The monoisotopic (exact) mass is 461 g/mol. The van der Waals surface area contributed by atoms with E-state index in [9.17, 15) is 14.7 Å². The summed E-state index contributed by atoms with van der Waals surface area (Å²) in [6.45, 7) is 6.19. The van der Waals surface area contributed by atoms with E-state index in [0.29, 0.717) is 29.3 Å². The van der Waals surface area contributed by atoms with E-state index in [1.165, 1.54) is 0 Å². The number of likely N-dealkylation sites (tertiary alicyclic amines) is 1. The SMILES string of the molecule is CC(C)(C)[C@H](CCC(=O)O)N1C(=O)CC[C@H](c2cccc(Cl)c2)[C@H]1c1ccc(Cl)cc1. The first-order valence-electron chi connectivity index (χ1n) is 10.6. The summed E-state index contributed by atoms with van der Waals surface area (Å²) in [5.41, 5.74) is 1.79. The van der Waals surface area contributed by atoms with Gasteiger partial charge >= 0.3 is 5.97 Å². The molecule has 1 fully saturated rings. The number of rotatable bonds is 6. The van der Waals surface area contributed by atoms with Crippen molar-refractivity contribution in [1.29, 1.82) is 0 Å². The van der Waals surface area contributed by atoms with Crippen LogP contribution in [0.5, 0.6) is 0 Å². The molecule has 0 aromatic heterocycles. The molecule has 3 atom stereocenters. The van der Waals surface area contributed by atoms with Crippen molar-refractivity contribution in [2.75, 3.05) is 0 Å². The lowest BCUT2D eigenvalue weighted by molar-refractivity contribution is -0.146. The van der Waals surface area contributed by atoms with Crippen molar-refractivity contribution >= 4 is 35.1 Å². The van der Waals surface area contributed by atoms with Gasteiger partial charge in [-0.25, -0.2) is 0 Å². The molecule has 2 aromatic rings. The van der Waals surface area contributed by atoms with Crippen molar-refractivity contribution in [2.24, 2.45) is 5.41 Å². The maximum Gasteiger partial charge on any atom is 0.303 e. The molecule has 31 heavy (non-hydrogen) atoms. The minimum absolute atomic E-state index is 0.0148. The summed E-state index contributed by atoms with van der Waals surface area (Å²) in [6.07, 6.45) is 1.54. The van der Waals surface area contributed by atoms with Crippen molar-refractivity contribution in [3.05, 3.63) is 69.7 Å². The predicted molar refractivity (Wildman–Crippen MR) is 125 cm³/mol. The number of benzene rings is 2. The van der Waals surface area contributed by atoms with Crippen molar-refractivity contribution in [1.82, 2.24) is 4.90 Å². The average Bonchev–Trinajstić information content (AvgIpc) is 2.68. The Labute approximate surface area is 194 Å². The van der Waals surface area contributed by atoms with Gasteiger partial charge in [-0.15, -0.1) is 0 Å². The highest BCUT2D eigenvalue weighted by atomic mass is 35.5. The number of nitrogens with zero attached hydrogens (tertiary/aromatic N) is 1. The second-order valence-corrected chi connectivity index (χ2v) is 10.2. The summed E-state index contributed by atoms with van der Waals surface area (Å²) >= 11 is 12.4. The predicted octanol–water partition coefficient (Wildman–Crippen LogP) is 6.72. The second kappa shape index (κ2) is 9.62. The summed E-state index contributed by atoms with van der Waals surface area (Å²) in [4.78, 5) is 26.7. The lowest BCUT2D eigenvalue weighted by Gasteiger charge is -2.50. The maximum atomic E-state index is 13.3. The van der Waals surface area contributed by atoms with Gasteiger partial charge < -0.3 is 10.0 Å². The van der Waals surface area contributed by atoms with E-state index in [2.05, 4.69) is 26.8 Å². The molecular formula is C25H29Cl2NO3. The van der Waals surface area contributed by atoms with Crippen LogP contribution in [0.25, 0.3) is 0 Å². The largest absolute Gasteiger partial charge is 0.481 e. The molecule has 0 unspecified atom stereocenters. The molecule has 1 aliphatic heterocycles. The molecule has 2 aromatic carbocycles. The molecular weight excluding hydrogens is 433 g/mol. The number of aliphatic carboxylic acids is 1. The van der Waals surface area contributed by atoms with Gasteiger partial charge in [0.1, 0.15) is 0 Å². The molecule has 0 radical (unpaired) electrons. The van der Waals surface area contributed by atoms with E-state index in [1.807, 2.05) is 47.4 Å². The van der Waals surface area contributed by atoms with Crippen molar-refractivity contribution in [3.8, 4) is 0 Å². The van der Waals surface area contributed by atoms with Crippen LogP contribution in [0.15, 0.2) is 48.5 Å². The van der Waals surface area contributed by atoms with Gasteiger partial charge in [0, 0.05) is 34.8 Å². The third-order valence-electron chi connectivity index (χ3n) is 6.09. The van der Waals surface area contributed by atoms with Crippen LogP contribution in [0.3, 0.4) is 0 Å². The van der Waals surface area contributed by atoms with Gasteiger partial charge in [-0.1, -0.05) is 68.2 Å². The lowest BCUT2D eigenvalue weighted by atomic mass is 9.75. The van der Waals surface area contributed by atoms with Crippen LogP contribution in [0.1, 0.15) is 69.5 Å². The average molecular weight is 462 g/mol. The normalized spacial score (nSPS) is 20.5. The zero-order valence-electron chi connectivity index (χ0n) is 18.1. The van der Waals surface area contributed by atoms with Crippen LogP contribution in [-0.4, -0.2) is 27.9 Å². The van der Waals surface area contributed by atoms with Crippen LogP contribution in [0.2, 0.25) is 10.0 Å². The van der Waals surface area contributed by atoms with Crippen LogP contribution in [0, 0.1) is 5.41 Å². The molecule has 4 nitrogen and oxygen atoms in total. The number of carbonyl (C=O) groups excluding carboxylic acids is 1. The van der Waals surface area contributed by atoms with E-state index >= 15 is 0 Å². The van der Waals surface area contributed by atoms with E-state index in [0.717, 1.165) is 11.1 Å². The Morgan fingerprint density at radius 1 is 1.10 bits per heavy atom. The molecule has 3 rings (SSSR count). The standard InChI is InChI=1S/C25H29Cl2NO3/c1-25(2,3)21(12-14-23(30)31)28-22(29)13-11-20(17-5-4-6-19(27)15-17)24(28)16-7-9-18(26)10-8-16/h4-10,15,20-21,24H,11-14H2,1-3H3,(H,30,31)/t20-,21+,24-/m1/s1. The second-order valence-electron chi connectivity index (χ2n) is 9.31. The van der Waals surface area contributed by atoms with Gasteiger partial charge in [-0.2, -0.15) is 0 Å². The summed E-state index contributed by atoms with van der Waals surface area (Å²) in [5.74, 6) is -0.746. The zero-order chi connectivity index (χ0) is 22.8. The lowest BCUT2D eigenvalue weighted by Crippen LogP contribution is -2.52. The summed E-state index contributed by atoms with van der Waals surface area (Å²) in [7, 11) is 0. The quantitative estimate of drug-likeness (QED) is 0.519. The number of amides is 1. The smallest absolute Gasteiger partial charge is 0.303 e. The maximum absolute atomic E-state index is 13.3. The Balaban J connectivity index is 2.13. The fraction of sp³-hybridized carbons (Fsp3) is 0.440. The molecule has 1 amide bonds. The molecule has 0 saturated carbocycles. The first-order valence-corrected chi connectivity index (χ1v) is 11.4. The van der Waals surface area contributed by atoms with Crippen LogP contribution >= 0.6 is 23.2 Å². The summed E-state index contributed by atoms with van der Waals surface area (Å²) in [6, 6.07) is 15.0.